The average Bonchev–Trinajstić information content (AvgIpc) is 3.47. The molecule has 1 saturated heterocycles. The Bertz CT molecular complexity index is 631. The number of nitrogens with one attached hydrogen (secondary N) is 1. The van der Waals surface area contributed by atoms with Crippen molar-refractivity contribution in [1.29, 1.82) is 0 Å². The van der Waals surface area contributed by atoms with E-state index in [1.807, 2.05) is 0 Å². The van der Waals surface area contributed by atoms with Gasteiger partial charge in [-0.3, -0.25) is 0 Å². The number of hydrogen-bond donors (Lipinski definition) is 2. The molecule has 3 aliphatic rings. The van der Waals surface area contributed by atoms with Gasteiger partial charge in [-0.2, -0.15) is 0 Å². The van der Waals surface area contributed by atoms with Crippen molar-refractivity contribution < 1.29 is 19.0 Å². The van der Waals surface area contributed by atoms with Crippen molar-refractivity contribution in [2.75, 3.05) is 13.7 Å². The van der Waals surface area contributed by atoms with Gasteiger partial charge in [-0.05, 0) is 77.0 Å². The van der Waals surface area contributed by atoms with Gasteiger partial charge in [0.1, 0.15) is 12.2 Å². The molecule has 0 aromatic rings. The minimum absolute atomic E-state index is 0.0324. The maximum absolute atomic E-state index is 12.7. The molecule has 4 atom stereocenters. The molecule has 6 nitrogen and oxygen atoms in total. The highest BCUT2D eigenvalue weighted by molar-refractivity contribution is 5.68. The summed E-state index contributed by atoms with van der Waals surface area (Å²) in [4.78, 5) is 12.7. The molecule has 1 spiro atoms. The molecular weight excluding hydrogens is 392 g/mol. The zero-order valence-corrected chi connectivity index (χ0v) is 20.2. The van der Waals surface area contributed by atoms with Gasteiger partial charge in [-0.15, -0.1) is 0 Å². The number of alkyl carbamates (subject to hydrolysis) is 1. The number of epoxide rings is 1. The second-order valence-corrected chi connectivity index (χ2v) is 10.9. The van der Waals surface area contributed by atoms with Crippen molar-refractivity contribution in [3.8, 4) is 0 Å². The van der Waals surface area contributed by atoms with Crippen molar-refractivity contribution in [2.45, 2.75) is 115 Å². The summed E-state index contributed by atoms with van der Waals surface area (Å²) >= 11 is 0. The van der Waals surface area contributed by atoms with Crippen LogP contribution >= 0.6 is 0 Å². The number of rotatable bonds is 8. The van der Waals surface area contributed by atoms with Crippen LogP contribution in [0, 0.1) is 11.3 Å². The van der Waals surface area contributed by atoms with Gasteiger partial charge in [-0.1, -0.05) is 25.5 Å². The van der Waals surface area contributed by atoms with Gasteiger partial charge >= 0.3 is 6.09 Å². The summed E-state index contributed by atoms with van der Waals surface area (Å²) in [5.41, 5.74) is 7.27. The van der Waals surface area contributed by atoms with Gasteiger partial charge in [0.25, 0.3) is 0 Å². The Morgan fingerprint density at radius 3 is 2.48 bits per heavy atom. The Morgan fingerprint density at radius 2 is 1.90 bits per heavy atom. The van der Waals surface area contributed by atoms with E-state index in [1.54, 1.807) is 7.11 Å². The molecular formula is C25H44N2O4. The minimum atomic E-state index is -0.319. The largest absolute Gasteiger partial charge is 0.443 e. The molecule has 0 radical (unpaired) electrons. The van der Waals surface area contributed by atoms with Crippen LogP contribution in [0.25, 0.3) is 0 Å². The summed E-state index contributed by atoms with van der Waals surface area (Å²) in [6, 6.07) is 0.428. The Labute approximate surface area is 188 Å². The van der Waals surface area contributed by atoms with Gasteiger partial charge in [-0.25, -0.2) is 4.79 Å². The molecule has 2 aliphatic carbocycles. The predicted molar refractivity (Wildman–Crippen MR) is 123 cm³/mol. The van der Waals surface area contributed by atoms with E-state index in [0.717, 1.165) is 64.4 Å². The second kappa shape index (κ2) is 10.2. The lowest BCUT2D eigenvalue weighted by Crippen LogP contribution is -2.56. The number of ether oxygens (including phenoxy) is 3. The molecule has 1 heterocycles. The first kappa shape index (κ1) is 24.5. The summed E-state index contributed by atoms with van der Waals surface area (Å²) in [7, 11) is 1.75. The minimum Gasteiger partial charge on any atom is -0.443 e. The maximum Gasteiger partial charge on any atom is 0.407 e. The predicted octanol–water partition coefficient (Wildman–Crippen LogP) is 4.71. The number of methoxy groups -OCH3 is 1. The Kier molecular flexibility index (Phi) is 8.09. The SMILES string of the molecule is COC1C(OC(=O)NC2CCC(N)CC2)CC[C@]2(CO2)C1C(C)(C)CCCC=C(C)C. The van der Waals surface area contributed by atoms with Crippen molar-refractivity contribution >= 4 is 6.09 Å². The Hall–Kier alpha value is -1.11. The van der Waals surface area contributed by atoms with E-state index >= 15 is 0 Å². The van der Waals surface area contributed by atoms with Crippen LogP contribution in [-0.2, 0) is 14.2 Å². The summed E-state index contributed by atoms with van der Waals surface area (Å²) < 4.78 is 18.0. The van der Waals surface area contributed by atoms with E-state index < -0.39 is 0 Å². The standard InChI is InChI=1S/C25H44N2O4/c1-17(2)8-6-7-14-24(3,4)22-21(29-5)20(13-15-25(22)16-30-25)31-23(28)27-19-11-9-18(26)10-12-19/h8,18-22H,6-7,9-16,26H2,1-5H3,(H,27,28)/t18?,19?,20?,21?,22?,25-/m0/s1. The molecule has 6 heteroatoms. The molecule has 1 aliphatic heterocycles. The smallest absolute Gasteiger partial charge is 0.407 e. The number of carbonyl (C=O) groups is 1. The van der Waals surface area contributed by atoms with Gasteiger partial charge in [0, 0.05) is 25.1 Å². The molecule has 0 aromatic heterocycles. The summed E-state index contributed by atoms with van der Waals surface area (Å²) in [5.74, 6) is 0.205. The van der Waals surface area contributed by atoms with Crippen molar-refractivity contribution in [1.82, 2.24) is 5.32 Å². The summed E-state index contributed by atoms with van der Waals surface area (Å²) in [6.07, 6.45) is 10.4. The van der Waals surface area contributed by atoms with Crippen LogP contribution in [-0.4, -0.2) is 49.7 Å². The molecule has 3 fully saturated rings. The van der Waals surface area contributed by atoms with Crippen LogP contribution < -0.4 is 11.1 Å². The summed E-state index contributed by atoms with van der Waals surface area (Å²) in [6.45, 7) is 9.73. The van der Waals surface area contributed by atoms with Crippen molar-refractivity contribution in [3.05, 3.63) is 11.6 Å². The normalized spacial score (nSPS) is 35.5. The van der Waals surface area contributed by atoms with Crippen molar-refractivity contribution in [3.63, 3.8) is 0 Å². The molecule has 1 amide bonds. The Balaban J connectivity index is 1.62. The fourth-order valence-electron chi connectivity index (χ4n) is 5.91. The molecule has 31 heavy (non-hydrogen) atoms. The van der Waals surface area contributed by atoms with E-state index in [1.165, 1.54) is 5.57 Å². The third-order valence-corrected chi connectivity index (χ3v) is 7.67. The summed E-state index contributed by atoms with van der Waals surface area (Å²) in [5, 5.41) is 3.06. The first-order valence-electron chi connectivity index (χ1n) is 12.2. The van der Waals surface area contributed by atoms with E-state index in [2.05, 4.69) is 39.1 Å². The highest BCUT2D eigenvalue weighted by Gasteiger charge is 2.63. The topological polar surface area (TPSA) is 86.1 Å². The molecule has 3 unspecified atom stereocenters. The lowest BCUT2D eigenvalue weighted by atomic mass is 9.61. The number of carbonyl (C=O) groups excluding carboxylic acids is 1. The van der Waals surface area contributed by atoms with E-state index in [4.69, 9.17) is 19.9 Å². The number of allylic oxidation sites excluding steroid dienone is 2. The van der Waals surface area contributed by atoms with E-state index in [0.29, 0.717) is 0 Å². The zero-order valence-electron chi connectivity index (χ0n) is 20.2. The van der Waals surface area contributed by atoms with Crippen molar-refractivity contribution in [2.24, 2.45) is 17.1 Å². The number of amides is 1. The van der Waals surface area contributed by atoms with Gasteiger partial charge in [0.15, 0.2) is 0 Å². The molecule has 2 saturated carbocycles. The first-order chi connectivity index (χ1) is 14.7. The number of hydrogen-bond acceptors (Lipinski definition) is 5. The van der Waals surface area contributed by atoms with Gasteiger partial charge in [0.2, 0.25) is 0 Å². The van der Waals surface area contributed by atoms with Gasteiger partial charge in [0.05, 0.1) is 12.2 Å². The van der Waals surface area contributed by atoms with Crippen LogP contribution in [0.4, 0.5) is 4.79 Å². The van der Waals surface area contributed by atoms with Crippen LogP contribution in [0.5, 0.6) is 0 Å². The fourth-order valence-corrected chi connectivity index (χ4v) is 5.91. The fraction of sp³-hybridized carbons (Fsp3) is 0.880. The zero-order chi connectivity index (χ0) is 22.6. The molecule has 3 N–H and O–H groups in total. The Morgan fingerprint density at radius 1 is 1.23 bits per heavy atom. The first-order valence-corrected chi connectivity index (χ1v) is 12.2. The van der Waals surface area contributed by atoms with E-state index in [9.17, 15) is 4.79 Å². The maximum atomic E-state index is 12.7. The molecule has 0 aromatic carbocycles. The number of nitrogens with two attached hydrogens (primary N) is 1. The lowest BCUT2D eigenvalue weighted by Gasteiger charge is -2.48. The third-order valence-electron chi connectivity index (χ3n) is 7.67. The number of unbranched alkanes of at least 4 members (excludes halogenated alkanes) is 1. The second-order valence-electron chi connectivity index (χ2n) is 10.9. The van der Waals surface area contributed by atoms with Crippen LogP contribution in [0.2, 0.25) is 0 Å². The lowest BCUT2D eigenvalue weighted by molar-refractivity contribution is -0.133. The average molecular weight is 437 g/mol. The highest BCUT2D eigenvalue weighted by Crippen LogP contribution is 2.55. The quantitative estimate of drug-likeness (QED) is 0.327. The highest BCUT2D eigenvalue weighted by atomic mass is 16.6. The van der Waals surface area contributed by atoms with E-state index in [-0.39, 0.29) is 47.3 Å². The third kappa shape index (κ3) is 6.23. The molecule has 0 bridgehead atoms. The van der Waals surface area contributed by atoms with Crippen LogP contribution in [0.1, 0.15) is 85.5 Å². The molecule has 3 rings (SSSR count). The van der Waals surface area contributed by atoms with Crippen LogP contribution in [0.15, 0.2) is 11.6 Å². The molecule has 178 valence electrons. The van der Waals surface area contributed by atoms with Crippen LogP contribution in [0.3, 0.4) is 0 Å². The van der Waals surface area contributed by atoms with Gasteiger partial charge < -0.3 is 25.3 Å². The monoisotopic (exact) mass is 436 g/mol.